The minimum atomic E-state index is 0.177. The summed E-state index contributed by atoms with van der Waals surface area (Å²) in [6, 6.07) is 0.588. The van der Waals surface area contributed by atoms with Crippen molar-refractivity contribution < 1.29 is 4.74 Å². The van der Waals surface area contributed by atoms with Gasteiger partial charge in [0.25, 0.3) is 0 Å². The highest BCUT2D eigenvalue weighted by Crippen LogP contribution is 2.16. The van der Waals surface area contributed by atoms with Crippen molar-refractivity contribution >= 4 is 23.7 Å². The molecule has 0 saturated heterocycles. The van der Waals surface area contributed by atoms with Gasteiger partial charge < -0.3 is 15.4 Å². The molecule has 0 amide bonds. The van der Waals surface area contributed by atoms with Crippen LogP contribution in [0.15, 0.2) is 0 Å². The SMILES string of the molecule is COc1nc(N)nc(N(C)C(C)CCSC)n1. The summed E-state index contributed by atoms with van der Waals surface area (Å²) in [6.07, 6.45) is 3.16. The van der Waals surface area contributed by atoms with E-state index in [2.05, 4.69) is 28.1 Å². The van der Waals surface area contributed by atoms with Gasteiger partial charge in [-0.1, -0.05) is 0 Å². The van der Waals surface area contributed by atoms with Crippen molar-refractivity contribution in [2.24, 2.45) is 0 Å². The molecule has 2 N–H and O–H groups in total. The van der Waals surface area contributed by atoms with Crippen LogP contribution < -0.4 is 15.4 Å². The van der Waals surface area contributed by atoms with Gasteiger partial charge in [-0.25, -0.2) is 0 Å². The highest BCUT2D eigenvalue weighted by Gasteiger charge is 2.14. The van der Waals surface area contributed by atoms with E-state index in [-0.39, 0.29) is 12.0 Å². The standard InChI is InChI=1S/C10H19N5OS/c1-7(5-6-17-4)15(2)9-12-8(11)13-10(14-9)16-3/h7H,5-6H2,1-4H3,(H2,11,12,13,14). The molecule has 1 aromatic rings. The first-order valence-corrected chi connectivity index (χ1v) is 6.75. The predicted molar refractivity (Wildman–Crippen MR) is 71.7 cm³/mol. The third-order valence-electron chi connectivity index (χ3n) is 2.52. The molecule has 0 radical (unpaired) electrons. The number of hydrogen-bond acceptors (Lipinski definition) is 7. The van der Waals surface area contributed by atoms with Gasteiger partial charge in [0, 0.05) is 13.1 Å². The fourth-order valence-corrected chi connectivity index (χ4v) is 1.87. The lowest BCUT2D eigenvalue weighted by atomic mass is 10.2. The Bertz CT molecular complexity index is 363. The minimum Gasteiger partial charge on any atom is -0.467 e. The summed E-state index contributed by atoms with van der Waals surface area (Å²) in [5.74, 6) is 1.82. The van der Waals surface area contributed by atoms with Crippen LogP contribution in [0.2, 0.25) is 0 Å². The van der Waals surface area contributed by atoms with Gasteiger partial charge in [-0.3, -0.25) is 0 Å². The fraction of sp³-hybridized carbons (Fsp3) is 0.700. The van der Waals surface area contributed by atoms with Crippen LogP contribution >= 0.6 is 11.8 Å². The zero-order valence-electron chi connectivity index (χ0n) is 10.7. The highest BCUT2D eigenvalue weighted by atomic mass is 32.2. The van der Waals surface area contributed by atoms with Gasteiger partial charge >= 0.3 is 6.01 Å². The topological polar surface area (TPSA) is 77.2 Å². The zero-order chi connectivity index (χ0) is 12.8. The second-order valence-corrected chi connectivity index (χ2v) is 4.71. The van der Waals surface area contributed by atoms with Crippen LogP contribution in [0.25, 0.3) is 0 Å². The number of nitrogens with two attached hydrogens (primary N) is 1. The van der Waals surface area contributed by atoms with Crippen LogP contribution in [0.3, 0.4) is 0 Å². The first-order chi connectivity index (χ1) is 8.08. The van der Waals surface area contributed by atoms with E-state index in [1.165, 1.54) is 7.11 Å². The maximum Gasteiger partial charge on any atom is 0.322 e. The third kappa shape index (κ3) is 3.92. The van der Waals surface area contributed by atoms with Crippen molar-refractivity contribution in [3.05, 3.63) is 0 Å². The zero-order valence-corrected chi connectivity index (χ0v) is 11.5. The van der Waals surface area contributed by atoms with Crippen LogP contribution in [0.4, 0.5) is 11.9 Å². The number of methoxy groups -OCH3 is 1. The van der Waals surface area contributed by atoms with E-state index in [9.17, 15) is 0 Å². The number of thioether (sulfide) groups is 1. The van der Waals surface area contributed by atoms with Crippen molar-refractivity contribution in [3.8, 4) is 6.01 Å². The molecule has 7 heteroatoms. The van der Waals surface area contributed by atoms with Gasteiger partial charge in [0.05, 0.1) is 7.11 Å². The van der Waals surface area contributed by atoms with E-state index < -0.39 is 0 Å². The average molecular weight is 257 g/mol. The number of nitrogen functional groups attached to an aromatic ring is 1. The van der Waals surface area contributed by atoms with Crippen LogP contribution in [-0.4, -0.2) is 47.2 Å². The van der Waals surface area contributed by atoms with E-state index in [1.807, 2.05) is 23.7 Å². The Balaban J connectivity index is 2.80. The molecule has 6 nitrogen and oxygen atoms in total. The summed E-state index contributed by atoms with van der Waals surface area (Å²) in [7, 11) is 3.45. The highest BCUT2D eigenvalue weighted by molar-refractivity contribution is 7.98. The molecule has 0 aliphatic heterocycles. The van der Waals surface area contributed by atoms with Crippen molar-refractivity contribution in [2.45, 2.75) is 19.4 Å². The molecule has 0 aromatic carbocycles. The molecule has 17 heavy (non-hydrogen) atoms. The lowest BCUT2D eigenvalue weighted by molar-refractivity contribution is 0.378. The molecular formula is C10H19N5OS. The Labute approximate surface area is 106 Å². The summed E-state index contributed by atoms with van der Waals surface area (Å²) < 4.78 is 4.97. The number of aromatic nitrogens is 3. The average Bonchev–Trinajstić information content (AvgIpc) is 2.34. The Morgan fingerprint density at radius 2 is 2.12 bits per heavy atom. The van der Waals surface area contributed by atoms with E-state index in [0.717, 1.165) is 12.2 Å². The molecule has 0 fully saturated rings. The van der Waals surface area contributed by atoms with Gasteiger partial charge in [-0.05, 0) is 25.4 Å². The van der Waals surface area contributed by atoms with E-state index >= 15 is 0 Å². The molecule has 0 spiro atoms. The second-order valence-electron chi connectivity index (χ2n) is 3.72. The van der Waals surface area contributed by atoms with Gasteiger partial charge in [0.15, 0.2) is 0 Å². The van der Waals surface area contributed by atoms with Crippen molar-refractivity contribution in [2.75, 3.05) is 36.8 Å². The normalized spacial score (nSPS) is 12.2. The maximum atomic E-state index is 5.60. The summed E-state index contributed by atoms with van der Waals surface area (Å²) in [5.41, 5.74) is 5.60. The number of hydrogen-bond donors (Lipinski definition) is 1. The Morgan fingerprint density at radius 3 is 2.71 bits per heavy atom. The number of rotatable bonds is 6. The van der Waals surface area contributed by atoms with Gasteiger partial charge in [0.2, 0.25) is 11.9 Å². The second kappa shape index (κ2) is 6.48. The van der Waals surface area contributed by atoms with E-state index in [0.29, 0.717) is 12.0 Å². The van der Waals surface area contributed by atoms with Crippen LogP contribution in [0.5, 0.6) is 6.01 Å². The maximum absolute atomic E-state index is 5.60. The van der Waals surface area contributed by atoms with Crippen LogP contribution in [-0.2, 0) is 0 Å². The monoisotopic (exact) mass is 257 g/mol. The molecule has 1 heterocycles. The van der Waals surface area contributed by atoms with Crippen molar-refractivity contribution in [1.29, 1.82) is 0 Å². The molecule has 1 atom stereocenters. The Kier molecular flexibility index (Phi) is 5.27. The lowest BCUT2D eigenvalue weighted by Gasteiger charge is -2.24. The Morgan fingerprint density at radius 1 is 1.41 bits per heavy atom. The smallest absolute Gasteiger partial charge is 0.322 e. The first kappa shape index (κ1) is 13.8. The number of nitrogens with zero attached hydrogens (tertiary/aromatic N) is 4. The van der Waals surface area contributed by atoms with Crippen molar-refractivity contribution in [3.63, 3.8) is 0 Å². The summed E-state index contributed by atoms with van der Waals surface area (Å²) in [4.78, 5) is 14.1. The van der Waals surface area contributed by atoms with Crippen LogP contribution in [0, 0.1) is 0 Å². The molecule has 1 unspecified atom stereocenters. The van der Waals surface area contributed by atoms with E-state index in [1.54, 1.807) is 0 Å². The summed E-state index contributed by atoms with van der Waals surface area (Å²) in [5, 5.41) is 0. The molecule has 0 aliphatic rings. The van der Waals surface area contributed by atoms with Gasteiger partial charge in [0.1, 0.15) is 0 Å². The molecule has 0 aliphatic carbocycles. The molecule has 0 saturated carbocycles. The predicted octanol–water partition coefficient (Wildman–Crippen LogP) is 1.04. The van der Waals surface area contributed by atoms with E-state index in [4.69, 9.17) is 10.5 Å². The molecular weight excluding hydrogens is 238 g/mol. The largest absolute Gasteiger partial charge is 0.467 e. The first-order valence-electron chi connectivity index (χ1n) is 5.35. The fourth-order valence-electron chi connectivity index (χ4n) is 1.29. The summed E-state index contributed by atoms with van der Waals surface area (Å²) >= 11 is 1.82. The molecule has 96 valence electrons. The van der Waals surface area contributed by atoms with Gasteiger partial charge in [-0.2, -0.15) is 26.7 Å². The lowest BCUT2D eigenvalue weighted by Crippen LogP contribution is -2.31. The van der Waals surface area contributed by atoms with Crippen LogP contribution in [0.1, 0.15) is 13.3 Å². The Hall–Kier alpha value is -1.24. The number of ether oxygens (including phenoxy) is 1. The quantitative estimate of drug-likeness (QED) is 0.815. The summed E-state index contributed by atoms with van der Waals surface area (Å²) in [6.45, 7) is 2.13. The van der Waals surface area contributed by atoms with Gasteiger partial charge in [-0.15, -0.1) is 0 Å². The molecule has 0 bridgehead atoms. The molecule has 1 rings (SSSR count). The minimum absolute atomic E-state index is 0.177. The number of anilines is 2. The molecule has 1 aromatic heterocycles. The van der Waals surface area contributed by atoms with Crippen molar-refractivity contribution in [1.82, 2.24) is 15.0 Å². The third-order valence-corrected chi connectivity index (χ3v) is 3.16.